The largest absolute Gasteiger partial charge is 0.357 e. The molecule has 7 nitrogen and oxygen atoms in total. The van der Waals surface area contributed by atoms with Crippen molar-refractivity contribution < 1.29 is 22.4 Å². The summed E-state index contributed by atoms with van der Waals surface area (Å²) in [6.07, 6.45) is 0. The maximum Gasteiger partial charge on any atom is 0.243 e. The van der Waals surface area contributed by atoms with E-state index in [2.05, 4.69) is 5.32 Å². The normalized spacial score (nSPS) is 12.5. The summed E-state index contributed by atoms with van der Waals surface area (Å²) in [6, 6.07) is 11.3. The third kappa shape index (κ3) is 5.43. The molecule has 1 N–H and O–H groups in total. The Labute approximate surface area is 176 Å². The lowest BCUT2D eigenvalue weighted by Crippen LogP contribution is -2.50. The van der Waals surface area contributed by atoms with Gasteiger partial charge in [0.25, 0.3) is 0 Å². The van der Waals surface area contributed by atoms with Crippen LogP contribution in [0.25, 0.3) is 0 Å². The van der Waals surface area contributed by atoms with Gasteiger partial charge in [-0.2, -0.15) is 4.31 Å². The van der Waals surface area contributed by atoms with E-state index in [1.807, 2.05) is 6.92 Å². The molecule has 0 heterocycles. The smallest absolute Gasteiger partial charge is 0.243 e. The minimum absolute atomic E-state index is 0.0587. The highest BCUT2D eigenvalue weighted by Gasteiger charge is 2.30. The number of halogens is 1. The lowest BCUT2D eigenvalue weighted by Gasteiger charge is -2.30. The molecule has 0 radical (unpaired) electrons. The summed E-state index contributed by atoms with van der Waals surface area (Å²) in [5.74, 6) is -1.57. The van der Waals surface area contributed by atoms with Crippen molar-refractivity contribution in [3.63, 3.8) is 0 Å². The second-order valence-electron chi connectivity index (χ2n) is 6.98. The van der Waals surface area contributed by atoms with Crippen LogP contribution in [-0.2, 0) is 26.2 Å². The number of nitrogens with zero attached hydrogens (tertiary/aromatic N) is 2. The first kappa shape index (κ1) is 23.5. The van der Waals surface area contributed by atoms with E-state index in [9.17, 15) is 22.4 Å². The molecule has 0 unspecified atom stereocenters. The van der Waals surface area contributed by atoms with Crippen molar-refractivity contribution in [3.05, 3.63) is 65.5 Å². The average molecular weight is 436 g/mol. The van der Waals surface area contributed by atoms with Crippen LogP contribution < -0.4 is 5.32 Å². The predicted molar refractivity (Wildman–Crippen MR) is 111 cm³/mol. The molecule has 0 saturated carbocycles. The van der Waals surface area contributed by atoms with Gasteiger partial charge in [-0.25, -0.2) is 12.8 Å². The lowest BCUT2D eigenvalue weighted by molar-refractivity contribution is -0.140. The number of benzene rings is 2. The Morgan fingerprint density at radius 2 is 1.70 bits per heavy atom. The van der Waals surface area contributed by atoms with Gasteiger partial charge in [0.05, 0.1) is 11.4 Å². The summed E-state index contributed by atoms with van der Waals surface area (Å²) in [6.45, 7) is 2.68. The second kappa shape index (κ2) is 9.82. The molecule has 0 fully saturated rings. The van der Waals surface area contributed by atoms with Crippen molar-refractivity contribution in [1.82, 2.24) is 14.5 Å². The van der Waals surface area contributed by atoms with Crippen molar-refractivity contribution in [2.75, 3.05) is 20.6 Å². The summed E-state index contributed by atoms with van der Waals surface area (Å²) in [5.41, 5.74) is 1.13. The van der Waals surface area contributed by atoms with Gasteiger partial charge in [-0.05, 0) is 32.0 Å². The number of hydrogen-bond donors (Lipinski definition) is 1. The number of carbonyl (C=O) groups excluding carboxylic acids is 2. The molecule has 1 atom stereocenters. The molecular formula is C21H26FN3O4S. The Morgan fingerprint density at radius 3 is 2.27 bits per heavy atom. The predicted octanol–water partition coefficient (Wildman–Crippen LogP) is 1.92. The number of likely N-dealkylation sites (N-methyl/N-ethyl adjacent to an activating group) is 2. The molecule has 0 spiro atoms. The quantitative estimate of drug-likeness (QED) is 0.686. The zero-order valence-electron chi connectivity index (χ0n) is 17.4. The minimum Gasteiger partial charge on any atom is -0.357 e. The van der Waals surface area contributed by atoms with Crippen molar-refractivity contribution >= 4 is 21.8 Å². The summed E-state index contributed by atoms with van der Waals surface area (Å²) >= 11 is 0. The van der Waals surface area contributed by atoms with Gasteiger partial charge in [0, 0.05) is 26.2 Å². The molecule has 0 aliphatic rings. The van der Waals surface area contributed by atoms with Crippen LogP contribution in [-0.4, -0.2) is 56.1 Å². The average Bonchev–Trinajstić information content (AvgIpc) is 2.72. The maximum absolute atomic E-state index is 14.1. The number of carbonyl (C=O) groups is 2. The number of aryl methyl sites for hydroxylation is 1. The van der Waals surface area contributed by atoms with Crippen LogP contribution >= 0.6 is 0 Å². The SMILES string of the molecule is CNC(=O)[C@H](C)N(Cc1ccccc1F)C(=O)CN(C)S(=O)(=O)c1ccc(C)cc1. The van der Waals surface area contributed by atoms with Gasteiger partial charge in [0.2, 0.25) is 21.8 Å². The van der Waals surface area contributed by atoms with E-state index < -0.39 is 40.2 Å². The molecule has 2 aromatic rings. The topological polar surface area (TPSA) is 86.8 Å². The van der Waals surface area contributed by atoms with Crippen LogP contribution in [0.15, 0.2) is 53.4 Å². The summed E-state index contributed by atoms with van der Waals surface area (Å²) < 4.78 is 40.6. The van der Waals surface area contributed by atoms with Gasteiger partial charge in [-0.1, -0.05) is 35.9 Å². The van der Waals surface area contributed by atoms with Gasteiger partial charge < -0.3 is 10.2 Å². The maximum atomic E-state index is 14.1. The number of amides is 2. The standard InChI is InChI=1S/C21H26FN3O4S/c1-15-9-11-18(12-10-15)30(28,29)24(4)14-20(26)25(16(2)21(27)23-3)13-17-7-5-6-8-19(17)22/h5-12,16H,13-14H2,1-4H3,(H,23,27)/t16-/m0/s1. The van der Waals surface area contributed by atoms with Crippen LogP contribution in [0, 0.1) is 12.7 Å². The summed E-state index contributed by atoms with van der Waals surface area (Å²) in [4.78, 5) is 26.3. The van der Waals surface area contributed by atoms with Gasteiger partial charge in [0.15, 0.2) is 0 Å². The lowest BCUT2D eigenvalue weighted by atomic mass is 10.1. The van der Waals surface area contributed by atoms with Crippen molar-refractivity contribution in [1.29, 1.82) is 0 Å². The molecule has 0 saturated heterocycles. The molecule has 9 heteroatoms. The number of hydrogen-bond acceptors (Lipinski definition) is 4. The summed E-state index contributed by atoms with van der Waals surface area (Å²) in [7, 11) is -1.19. The first-order chi connectivity index (χ1) is 14.1. The number of sulfonamides is 1. The van der Waals surface area contributed by atoms with Crippen LogP contribution in [0.3, 0.4) is 0 Å². The van der Waals surface area contributed by atoms with Crippen LogP contribution in [0.2, 0.25) is 0 Å². The Balaban J connectivity index is 2.27. The molecular weight excluding hydrogens is 409 g/mol. The third-order valence-electron chi connectivity index (χ3n) is 4.80. The van der Waals surface area contributed by atoms with Gasteiger partial charge in [-0.15, -0.1) is 0 Å². The van der Waals surface area contributed by atoms with Crippen LogP contribution in [0.4, 0.5) is 4.39 Å². The Hall–Kier alpha value is -2.78. The summed E-state index contributed by atoms with van der Waals surface area (Å²) in [5, 5.41) is 2.46. The van der Waals surface area contributed by atoms with E-state index in [4.69, 9.17) is 0 Å². The van der Waals surface area contributed by atoms with Gasteiger partial charge in [0.1, 0.15) is 11.9 Å². The molecule has 0 bridgehead atoms. The van der Waals surface area contributed by atoms with Crippen molar-refractivity contribution in [2.45, 2.75) is 31.3 Å². The molecule has 2 amide bonds. The van der Waals surface area contributed by atoms with Crippen LogP contribution in [0.1, 0.15) is 18.1 Å². The molecule has 0 aromatic heterocycles. The molecule has 2 aromatic carbocycles. The van der Waals surface area contributed by atoms with E-state index in [-0.39, 0.29) is 17.0 Å². The highest BCUT2D eigenvalue weighted by Crippen LogP contribution is 2.17. The fourth-order valence-electron chi connectivity index (χ4n) is 2.86. The van der Waals surface area contributed by atoms with E-state index in [0.717, 1.165) is 9.87 Å². The zero-order valence-corrected chi connectivity index (χ0v) is 18.2. The number of rotatable bonds is 8. The fraction of sp³-hybridized carbons (Fsp3) is 0.333. The molecule has 162 valence electrons. The van der Waals surface area contributed by atoms with Crippen molar-refractivity contribution in [3.8, 4) is 0 Å². The monoisotopic (exact) mass is 435 g/mol. The highest BCUT2D eigenvalue weighted by atomic mass is 32.2. The molecule has 0 aliphatic carbocycles. The molecule has 2 rings (SSSR count). The highest BCUT2D eigenvalue weighted by molar-refractivity contribution is 7.89. The van der Waals surface area contributed by atoms with E-state index in [1.54, 1.807) is 18.2 Å². The Morgan fingerprint density at radius 1 is 1.10 bits per heavy atom. The fourth-order valence-corrected chi connectivity index (χ4v) is 3.98. The first-order valence-corrected chi connectivity index (χ1v) is 10.8. The zero-order chi connectivity index (χ0) is 22.5. The Kier molecular flexibility index (Phi) is 7.69. The number of nitrogens with one attached hydrogen (secondary N) is 1. The Bertz CT molecular complexity index is 1010. The third-order valence-corrected chi connectivity index (χ3v) is 6.62. The van der Waals surface area contributed by atoms with Crippen LogP contribution in [0.5, 0.6) is 0 Å². The van der Waals surface area contributed by atoms with Gasteiger partial charge >= 0.3 is 0 Å². The molecule has 30 heavy (non-hydrogen) atoms. The van der Waals surface area contributed by atoms with Crippen molar-refractivity contribution in [2.24, 2.45) is 0 Å². The second-order valence-corrected chi connectivity index (χ2v) is 9.02. The van der Waals surface area contributed by atoms with Gasteiger partial charge in [-0.3, -0.25) is 9.59 Å². The van der Waals surface area contributed by atoms with E-state index >= 15 is 0 Å². The van der Waals surface area contributed by atoms with E-state index in [0.29, 0.717) is 0 Å². The van der Waals surface area contributed by atoms with E-state index in [1.165, 1.54) is 56.3 Å². The first-order valence-electron chi connectivity index (χ1n) is 9.35. The minimum atomic E-state index is -3.91. The molecule has 0 aliphatic heterocycles.